The largest absolute Gasteiger partial charge is 0.481 e. The Bertz CT molecular complexity index is 1050. The monoisotopic (exact) mass is 402 g/mol. The Kier molecular flexibility index (Phi) is 6.17. The molecule has 4 aromatic rings. The summed E-state index contributed by atoms with van der Waals surface area (Å²) in [5.41, 5.74) is 4.68. The Hall–Kier alpha value is -3.18. The fourth-order valence-corrected chi connectivity index (χ4v) is 3.75. The van der Waals surface area contributed by atoms with Crippen LogP contribution in [0.25, 0.3) is 0 Å². The van der Waals surface area contributed by atoms with Crippen molar-refractivity contribution < 1.29 is 9.72 Å². The number of rotatable bonds is 8. The van der Waals surface area contributed by atoms with Gasteiger partial charge in [-0.3, -0.25) is 0 Å². The molecule has 0 bridgehead atoms. The number of thiazole rings is 1. The van der Waals surface area contributed by atoms with Crippen LogP contribution >= 0.6 is 11.3 Å². The highest BCUT2D eigenvalue weighted by Gasteiger charge is 2.16. The van der Waals surface area contributed by atoms with Crippen molar-refractivity contribution in [1.82, 2.24) is 4.98 Å². The Morgan fingerprint density at radius 3 is 2.31 bits per heavy atom. The van der Waals surface area contributed by atoms with Gasteiger partial charge in [0, 0.05) is 5.38 Å². The zero-order valence-corrected chi connectivity index (χ0v) is 17.2. The molecule has 29 heavy (non-hydrogen) atoms. The number of nitrogens with zero attached hydrogens (tertiary/aromatic N) is 1. The van der Waals surface area contributed by atoms with E-state index in [0.717, 1.165) is 40.8 Å². The number of aryl methyl sites for hydroxylation is 3. The fourth-order valence-electron chi connectivity index (χ4n) is 3.06. The maximum absolute atomic E-state index is 6.18. The molecule has 2 aromatic heterocycles. The predicted octanol–water partition coefficient (Wildman–Crippen LogP) is 5.37. The summed E-state index contributed by atoms with van der Waals surface area (Å²) < 4.78 is 6.18. The van der Waals surface area contributed by atoms with Gasteiger partial charge in [-0.15, -0.1) is 0 Å². The minimum absolute atomic E-state index is 0.516. The topological polar surface area (TPSA) is 48.3 Å². The van der Waals surface area contributed by atoms with Crippen LogP contribution in [0.1, 0.15) is 22.4 Å². The van der Waals surface area contributed by atoms with Crippen LogP contribution in [-0.4, -0.2) is 4.98 Å². The summed E-state index contributed by atoms with van der Waals surface area (Å²) in [6.45, 7) is 2.51. The summed E-state index contributed by atoms with van der Waals surface area (Å²) in [6, 6.07) is 22.9. The summed E-state index contributed by atoms with van der Waals surface area (Å²) in [5.74, 6) is 1.62. The van der Waals surface area contributed by atoms with Crippen molar-refractivity contribution >= 4 is 22.3 Å². The van der Waals surface area contributed by atoms with Gasteiger partial charge in [0.15, 0.2) is 0 Å². The van der Waals surface area contributed by atoms with Crippen molar-refractivity contribution in [2.24, 2.45) is 0 Å². The van der Waals surface area contributed by atoms with E-state index in [-0.39, 0.29) is 0 Å². The Labute approximate surface area is 175 Å². The van der Waals surface area contributed by atoms with E-state index in [4.69, 9.17) is 4.74 Å². The number of hydrogen-bond acceptors (Lipinski definition) is 4. The fraction of sp³-hybridized carbons (Fsp3) is 0.167. The minimum atomic E-state index is 0.516. The van der Waals surface area contributed by atoms with Gasteiger partial charge in [0.1, 0.15) is 6.61 Å². The molecule has 4 nitrogen and oxygen atoms in total. The van der Waals surface area contributed by atoms with Crippen molar-refractivity contribution in [2.45, 2.75) is 26.4 Å². The lowest BCUT2D eigenvalue weighted by Gasteiger charge is -2.09. The van der Waals surface area contributed by atoms with Crippen LogP contribution in [0.3, 0.4) is 0 Å². The first-order valence-electron chi connectivity index (χ1n) is 9.71. The zero-order chi connectivity index (χ0) is 19.9. The molecule has 0 saturated heterocycles. The molecule has 0 fully saturated rings. The number of ether oxygens (including phenoxy) is 1. The van der Waals surface area contributed by atoms with Crippen LogP contribution in [0.5, 0.6) is 5.75 Å². The van der Waals surface area contributed by atoms with Gasteiger partial charge in [-0.1, -0.05) is 72.0 Å². The van der Waals surface area contributed by atoms with Crippen molar-refractivity contribution in [1.29, 1.82) is 0 Å². The average molecular weight is 403 g/mol. The van der Waals surface area contributed by atoms with Crippen LogP contribution in [-0.2, 0) is 19.4 Å². The van der Waals surface area contributed by atoms with Gasteiger partial charge in [-0.25, -0.2) is 15.3 Å². The third-order valence-corrected chi connectivity index (χ3v) is 5.47. The van der Waals surface area contributed by atoms with Crippen LogP contribution in [0, 0.1) is 6.92 Å². The number of anilines is 2. The third-order valence-electron chi connectivity index (χ3n) is 4.60. The quantitative estimate of drug-likeness (QED) is 0.431. The first-order valence-corrected chi connectivity index (χ1v) is 10.6. The maximum Gasteiger partial charge on any atom is 0.322 e. The van der Waals surface area contributed by atoms with Crippen LogP contribution in [0.2, 0.25) is 0 Å². The molecule has 0 saturated carbocycles. The van der Waals surface area contributed by atoms with Gasteiger partial charge in [0.25, 0.3) is 5.13 Å². The first kappa shape index (κ1) is 19.2. The molecule has 146 valence electrons. The lowest BCUT2D eigenvalue weighted by Crippen LogP contribution is -2.14. The Balaban J connectivity index is 1.52. The van der Waals surface area contributed by atoms with Gasteiger partial charge in [-0.2, -0.15) is 0 Å². The molecule has 0 amide bonds. The summed E-state index contributed by atoms with van der Waals surface area (Å²) in [5, 5.41) is 6.23. The van der Waals surface area contributed by atoms with E-state index in [1.54, 1.807) is 11.3 Å². The van der Waals surface area contributed by atoms with E-state index in [2.05, 4.69) is 57.7 Å². The Morgan fingerprint density at radius 1 is 0.931 bits per heavy atom. The van der Waals surface area contributed by atoms with Crippen molar-refractivity contribution in [3.8, 4) is 5.75 Å². The van der Waals surface area contributed by atoms with E-state index in [1.807, 2.05) is 42.8 Å². The molecular formula is C24H24N3OS+. The van der Waals surface area contributed by atoms with Crippen molar-refractivity contribution in [3.63, 3.8) is 0 Å². The van der Waals surface area contributed by atoms with E-state index in [1.165, 1.54) is 11.1 Å². The van der Waals surface area contributed by atoms with Crippen molar-refractivity contribution in [3.05, 3.63) is 101 Å². The highest BCUT2D eigenvalue weighted by molar-refractivity contribution is 7.13. The second-order valence-corrected chi connectivity index (χ2v) is 7.78. The van der Waals surface area contributed by atoms with E-state index in [0.29, 0.717) is 6.61 Å². The van der Waals surface area contributed by atoms with Gasteiger partial charge >= 0.3 is 5.82 Å². The summed E-state index contributed by atoms with van der Waals surface area (Å²) in [7, 11) is 0. The second kappa shape index (κ2) is 9.34. The smallest absolute Gasteiger partial charge is 0.322 e. The van der Waals surface area contributed by atoms with E-state index in [9.17, 15) is 0 Å². The molecule has 0 aliphatic carbocycles. The van der Waals surface area contributed by atoms with Crippen molar-refractivity contribution in [2.75, 3.05) is 5.32 Å². The van der Waals surface area contributed by atoms with Gasteiger partial charge in [0.05, 0.1) is 11.9 Å². The van der Waals surface area contributed by atoms with E-state index < -0.39 is 0 Å². The molecule has 0 unspecified atom stereocenters. The summed E-state index contributed by atoms with van der Waals surface area (Å²) in [6.07, 6.45) is 3.98. The van der Waals surface area contributed by atoms with Crippen LogP contribution in [0.15, 0.2) is 78.3 Å². The van der Waals surface area contributed by atoms with Crippen LogP contribution < -0.4 is 15.0 Å². The molecule has 5 heteroatoms. The lowest BCUT2D eigenvalue weighted by molar-refractivity contribution is -0.362. The highest BCUT2D eigenvalue weighted by atomic mass is 32.1. The highest BCUT2D eigenvalue weighted by Crippen LogP contribution is 2.27. The summed E-state index contributed by atoms with van der Waals surface area (Å²) >= 11 is 1.58. The number of pyridine rings is 1. The maximum atomic E-state index is 6.18. The molecule has 2 aromatic carbocycles. The third kappa shape index (κ3) is 5.42. The standard InChI is InChI=1S/C24H23N3OS/c1-18-17-29-24(26-18)27-23-22(28-16-20-10-6-3-7-11-20)14-21(15-25-23)13-12-19-8-4-2-5-9-19/h2-11,14-15,17H,12-13,16H2,1H3,(H,25,26,27)/p+1. The number of aromatic nitrogens is 2. The molecule has 0 atom stereocenters. The van der Waals surface area contributed by atoms with Gasteiger partial charge < -0.3 is 4.74 Å². The normalized spacial score (nSPS) is 10.7. The molecule has 0 radical (unpaired) electrons. The van der Waals surface area contributed by atoms with Gasteiger partial charge in [0.2, 0.25) is 5.75 Å². The molecule has 0 spiro atoms. The zero-order valence-electron chi connectivity index (χ0n) is 16.4. The number of nitrogens with one attached hydrogen (secondary N) is 2. The molecule has 2 N–H and O–H groups in total. The Morgan fingerprint density at radius 2 is 1.62 bits per heavy atom. The minimum Gasteiger partial charge on any atom is -0.481 e. The number of benzene rings is 2. The molecule has 4 rings (SSSR count). The number of aromatic amines is 1. The molecule has 2 heterocycles. The van der Waals surface area contributed by atoms with E-state index >= 15 is 0 Å². The number of hydrogen-bond donors (Lipinski definition) is 1. The molecular weight excluding hydrogens is 378 g/mol. The summed E-state index contributed by atoms with van der Waals surface area (Å²) in [4.78, 5) is 7.86. The number of H-pyrrole nitrogens is 1. The first-order chi connectivity index (χ1) is 14.3. The predicted molar refractivity (Wildman–Crippen MR) is 118 cm³/mol. The average Bonchev–Trinajstić information content (AvgIpc) is 3.18. The SMILES string of the molecule is Cc1csc(Nc2[nH+]cc(CCc3ccccc3)cc2OCc2ccccc2)n1. The van der Waals surface area contributed by atoms with Crippen LogP contribution in [0.4, 0.5) is 10.9 Å². The second-order valence-electron chi connectivity index (χ2n) is 6.93. The molecule has 0 aliphatic rings. The van der Waals surface area contributed by atoms with Gasteiger partial charge in [-0.05, 0) is 42.5 Å². The molecule has 0 aliphatic heterocycles. The lowest BCUT2D eigenvalue weighted by atomic mass is 10.1.